The van der Waals surface area contributed by atoms with Crippen LogP contribution in [0.2, 0.25) is 0 Å². The number of halogens is 3. The molecule has 2 aromatic carbocycles. The summed E-state index contributed by atoms with van der Waals surface area (Å²) in [6, 6.07) is 14.4. The number of hydrogen-bond acceptors (Lipinski definition) is 11. The Bertz CT molecular complexity index is 2050. The molecule has 64 heavy (non-hydrogen) atoms. The molecule has 0 bridgehead atoms. The molecule has 1 aliphatic carbocycles. The molecule has 14 nitrogen and oxygen atoms in total. The first kappa shape index (κ1) is 48.7. The Hall–Kier alpha value is -4.75. The number of ether oxygens (including phenoxy) is 3. The predicted molar refractivity (Wildman–Crippen MR) is 235 cm³/mol. The normalized spacial score (nSPS) is 17.8. The number of anilines is 1. The number of benzene rings is 2. The standard InChI is InChI=1S/C44H59N5O7S.C2HF3O2/c1-32-26-36(30-57-32)43(53)48-22-25-56-44(31-48)15-19-47(20-16-44)28-34-7-5-6-33(27-34)13-23-54-24-14-40(52)49(37-8-3-2-4-9-37)21-18-45-17-12-35-10-11-38(50)41-42(35)55-29-39(51)46-41;3-2(4,5)1(6)7/h5-7,10-11,26-27,30,37,45,50H,2-4,8-9,12-25,28-29,31H2,1H3,(H,46,51);(H,6,7). The van der Waals surface area contributed by atoms with E-state index in [1.807, 2.05) is 29.3 Å². The monoisotopic (exact) mass is 915 g/mol. The van der Waals surface area contributed by atoms with Crippen LogP contribution in [0, 0.1) is 6.92 Å². The second-order valence-electron chi connectivity index (χ2n) is 16.9. The number of carboxylic acid groups (broad SMARTS) is 1. The molecule has 18 heteroatoms. The number of likely N-dealkylation sites (tertiary alicyclic amines) is 1. The number of thiophene rings is 1. The third kappa shape index (κ3) is 13.9. The molecule has 1 saturated carbocycles. The summed E-state index contributed by atoms with van der Waals surface area (Å²) in [6.07, 6.45) is 4.23. The van der Waals surface area contributed by atoms with Gasteiger partial charge in [0.2, 0.25) is 5.91 Å². The van der Waals surface area contributed by atoms with Crippen molar-refractivity contribution in [3.63, 3.8) is 0 Å². The van der Waals surface area contributed by atoms with Crippen molar-refractivity contribution in [2.24, 2.45) is 0 Å². The Kier molecular flexibility index (Phi) is 17.4. The third-order valence-electron chi connectivity index (χ3n) is 12.2. The maximum absolute atomic E-state index is 13.5. The Labute approximate surface area is 376 Å². The minimum atomic E-state index is -5.08. The summed E-state index contributed by atoms with van der Waals surface area (Å²) in [5.74, 6) is -2.24. The lowest BCUT2D eigenvalue weighted by Gasteiger charge is -2.47. The van der Waals surface area contributed by atoms with Crippen LogP contribution in [0.25, 0.3) is 0 Å². The van der Waals surface area contributed by atoms with E-state index in [2.05, 4.69) is 44.7 Å². The SMILES string of the molecule is Cc1cc(C(=O)N2CCOC3(CCN(Cc4cccc(CCOCCC(=O)N(CCNCCc5ccc(O)c6c5OCC(=O)N6)C5CCCCC5)c4)CC3)C2)cs1.O=C(O)C(F)(F)F. The van der Waals surface area contributed by atoms with E-state index in [1.165, 1.54) is 17.5 Å². The number of hydrogen-bond donors (Lipinski definition) is 4. The average molecular weight is 916 g/mol. The predicted octanol–water partition coefficient (Wildman–Crippen LogP) is 6.18. The number of carbonyl (C=O) groups is 4. The minimum absolute atomic E-state index is 0.00315. The van der Waals surface area contributed by atoms with Gasteiger partial charge in [-0.2, -0.15) is 13.2 Å². The van der Waals surface area contributed by atoms with E-state index in [0.717, 1.165) is 80.6 Å². The first-order valence-electron chi connectivity index (χ1n) is 22.1. The number of amides is 3. The number of morpholine rings is 1. The lowest BCUT2D eigenvalue weighted by molar-refractivity contribution is -0.192. The van der Waals surface area contributed by atoms with Gasteiger partial charge >= 0.3 is 12.1 Å². The van der Waals surface area contributed by atoms with Gasteiger partial charge in [-0.15, -0.1) is 11.3 Å². The van der Waals surface area contributed by atoms with E-state index >= 15 is 0 Å². The Morgan fingerprint density at radius 3 is 2.48 bits per heavy atom. The largest absolute Gasteiger partial charge is 0.506 e. The molecule has 0 atom stereocenters. The van der Waals surface area contributed by atoms with Crippen LogP contribution in [0.4, 0.5) is 18.9 Å². The zero-order chi connectivity index (χ0) is 45.7. The van der Waals surface area contributed by atoms with Gasteiger partial charge in [0, 0.05) is 55.6 Å². The van der Waals surface area contributed by atoms with Crippen molar-refractivity contribution >= 4 is 40.7 Å². The topological polar surface area (TPSA) is 170 Å². The highest BCUT2D eigenvalue weighted by atomic mass is 32.1. The van der Waals surface area contributed by atoms with Crippen LogP contribution in [0.5, 0.6) is 11.5 Å². The lowest BCUT2D eigenvalue weighted by atomic mass is 9.89. The number of carboxylic acids is 1. The molecule has 3 aliphatic heterocycles. The van der Waals surface area contributed by atoms with Gasteiger partial charge in [-0.05, 0) is 80.8 Å². The first-order chi connectivity index (χ1) is 30.7. The Balaban J connectivity index is 0.000000898. The molecule has 3 fully saturated rings. The van der Waals surface area contributed by atoms with E-state index < -0.39 is 12.1 Å². The minimum Gasteiger partial charge on any atom is -0.506 e. The van der Waals surface area contributed by atoms with Crippen molar-refractivity contribution in [2.75, 3.05) is 77.6 Å². The van der Waals surface area contributed by atoms with Gasteiger partial charge in [-0.1, -0.05) is 49.6 Å². The van der Waals surface area contributed by atoms with E-state index in [-0.39, 0.29) is 41.7 Å². The maximum atomic E-state index is 13.5. The van der Waals surface area contributed by atoms with Crippen LogP contribution in [-0.4, -0.2) is 139 Å². The van der Waals surface area contributed by atoms with Crippen molar-refractivity contribution in [1.29, 1.82) is 0 Å². The van der Waals surface area contributed by atoms with E-state index in [1.54, 1.807) is 17.4 Å². The molecule has 7 rings (SSSR count). The van der Waals surface area contributed by atoms with Gasteiger partial charge in [0.25, 0.3) is 11.8 Å². The number of fused-ring (bicyclic) bond motifs is 1. The summed E-state index contributed by atoms with van der Waals surface area (Å²) in [7, 11) is 0. The molecular weight excluding hydrogens is 856 g/mol. The third-order valence-corrected chi connectivity index (χ3v) is 13.0. The number of phenolic OH excluding ortho intramolecular Hbond substituents is 1. The molecule has 350 valence electrons. The highest BCUT2D eigenvalue weighted by molar-refractivity contribution is 7.10. The number of aromatic hydroxyl groups is 1. The van der Waals surface area contributed by atoms with Gasteiger partial charge < -0.3 is 44.9 Å². The number of rotatable bonds is 16. The van der Waals surface area contributed by atoms with Crippen molar-refractivity contribution in [2.45, 2.75) is 95.5 Å². The summed E-state index contributed by atoms with van der Waals surface area (Å²) in [5.41, 5.74) is 4.31. The molecular formula is C46H60F3N5O9S. The van der Waals surface area contributed by atoms with Crippen molar-refractivity contribution < 1.29 is 56.8 Å². The van der Waals surface area contributed by atoms with E-state index in [9.17, 15) is 32.7 Å². The van der Waals surface area contributed by atoms with Crippen LogP contribution < -0.4 is 15.4 Å². The summed E-state index contributed by atoms with van der Waals surface area (Å²) in [5, 5.41) is 25.4. The Morgan fingerprint density at radius 1 is 1.02 bits per heavy atom. The maximum Gasteiger partial charge on any atom is 0.490 e. The molecule has 3 amide bonds. The summed E-state index contributed by atoms with van der Waals surface area (Å²) in [4.78, 5) is 55.0. The molecule has 1 aromatic heterocycles. The van der Waals surface area contributed by atoms with Gasteiger partial charge in [-0.25, -0.2) is 4.79 Å². The van der Waals surface area contributed by atoms with Crippen LogP contribution in [0.15, 0.2) is 47.8 Å². The van der Waals surface area contributed by atoms with Crippen molar-refractivity contribution in [3.8, 4) is 11.5 Å². The number of nitrogens with zero attached hydrogens (tertiary/aromatic N) is 3. The first-order valence-corrected chi connectivity index (χ1v) is 23.0. The molecule has 0 radical (unpaired) electrons. The fraction of sp³-hybridized carbons (Fsp3) is 0.565. The van der Waals surface area contributed by atoms with Gasteiger partial charge in [0.15, 0.2) is 12.4 Å². The van der Waals surface area contributed by atoms with E-state index in [4.69, 9.17) is 24.1 Å². The number of phenols is 1. The molecule has 0 unspecified atom stereocenters. The lowest BCUT2D eigenvalue weighted by Crippen LogP contribution is -2.57. The molecule has 4 N–H and O–H groups in total. The summed E-state index contributed by atoms with van der Waals surface area (Å²) in [6.45, 7) is 9.63. The Morgan fingerprint density at radius 2 is 1.77 bits per heavy atom. The number of nitrogens with one attached hydrogen (secondary N) is 2. The fourth-order valence-electron chi connectivity index (χ4n) is 8.78. The summed E-state index contributed by atoms with van der Waals surface area (Å²) >= 11 is 1.62. The van der Waals surface area contributed by atoms with Gasteiger partial charge in [0.1, 0.15) is 11.4 Å². The zero-order valence-electron chi connectivity index (χ0n) is 36.4. The number of piperidine rings is 1. The molecule has 4 aliphatic rings. The molecule has 2 saturated heterocycles. The van der Waals surface area contributed by atoms with Crippen LogP contribution >= 0.6 is 11.3 Å². The number of alkyl halides is 3. The molecule has 3 aromatic rings. The van der Waals surface area contributed by atoms with Crippen LogP contribution in [0.3, 0.4) is 0 Å². The van der Waals surface area contributed by atoms with Crippen LogP contribution in [0.1, 0.15) is 83.3 Å². The summed E-state index contributed by atoms with van der Waals surface area (Å²) < 4.78 is 49.7. The van der Waals surface area contributed by atoms with Gasteiger partial charge in [-0.3, -0.25) is 19.3 Å². The second-order valence-corrected chi connectivity index (χ2v) is 18.0. The number of aryl methyl sites for hydroxylation is 1. The molecule has 4 heterocycles. The molecule has 1 spiro atoms. The number of aliphatic carboxylic acids is 1. The zero-order valence-corrected chi connectivity index (χ0v) is 37.2. The fourth-order valence-corrected chi connectivity index (χ4v) is 9.45. The second kappa shape index (κ2) is 22.9. The van der Waals surface area contributed by atoms with Crippen molar-refractivity contribution in [1.82, 2.24) is 20.0 Å². The van der Waals surface area contributed by atoms with E-state index in [0.29, 0.717) is 76.8 Å². The number of carbonyl (C=O) groups excluding carboxylic acids is 3. The highest BCUT2D eigenvalue weighted by Crippen LogP contribution is 2.39. The quantitative estimate of drug-likeness (QED) is 0.0957. The van der Waals surface area contributed by atoms with Crippen molar-refractivity contribution in [3.05, 3.63) is 75.0 Å². The smallest absolute Gasteiger partial charge is 0.490 e. The van der Waals surface area contributed by atoms with Crippen LogP contribution in [-0.2, 0) is 43.2 Å². The van der Waals surface area contributed by atoms with Gasteiger partial charge in [0.05, 0.1) is 44.0 Å². The average Bonchev–Trinajstić information content (AvgIpc) is 3.72. The highest BCUT2D eigenvalue weighted by Gasteiger charge is 2.41.